The van der Waals surface area contributed by atoms with E-state index in [1.807, 2.05) is 32.9 Å². The van der Waals surface area contributed by atoms with Crippen molar-refractivity contribution >= 4 is 17.5 Å². The first kappa shape index (κ1) is 21.2. The fourth-order valence-corrected chi connectivity index (χ4v) is 3.30. The average molecular weight is 379 g/mol. The number of hydrogen-bond donors (Lipinski definition) is 3. The maximum atomic E-state index is 11.6. The molecule has 1 aromatic rings. The van der Waals surface area contributed by atoms with Crippen LogP contribution in [0.5, 0.6) is 5.75 Å². The highest BCUT2D eigenvalue weighted by Gasteiger charge is 2.21. The van der Waals surface area contributed by atoms with Crippen molar-refractivity contribution in [2.45, 2.75) is 52.2 Å². The van der Waals surface area contributed by atoms with Gasteiger partial charge in [0.05, 0.1) is 12.8 Å². The first-order valence-electron chi connectivity index (χ1n) is 9.59. The number of nitrogens with zero attached hydrogens (tertiary/aromatic N) is 1. The molecule has 0 unspecified atom stereocenters. The van der Waals surface area contributed by atoms with Crippen LogP contribution in [0.1, 0.15) is 39.2 Å². The second-order valence-electron chi connectivity index (χ2n) is 8.02. The number of nitrogens with two attached hydrogens (primary N) is 1. The van der Waals surface area contributed by atoms with Crippen molar-refractivity contribution in [1.29, 1.82) is 0 Å². The minimum atomic E-state index is -0.465. The lowest BCUT2D eigenvalue weighted by molar-refractivity contribution is 0.0528. The molecule has 1 aliphatic heterocycles. The Morgan fingerprint density at radius 2 is 1.93 bits per heavy atom. The molecule has 1 aromatic carbocycles. The summed E-state index contributed by atoms with van der Waals surface area (Å²) in [6, 6.07) is 4.46. The molecule has 0 spiro atoms. The molecule has 152 valence electrons. The molecular formula is C20H34N4O3. The second-order valence-corrected chi connectivity index (χ2v) is 8.02. The Labute approximate surface area is 162 Å². The largest absolute Gasteiger partial charge is 0.495 e. The van der Waals surface area contributed by atoms with E-state index in [2.05, 4.69) is 22.5 Å². The van der Waals surface area contributed by atoms with Gasteiger partial charge in [-0.2, -0.15) is 0 Å². The number of aryl methyl sites for hydroxylation is 1. The van der Waals surface area contributed by atoms with E-state index < -0.39 is 5.60 Å². The Bertz CT molecular complexity index is 635. The molecule has 1 fully saturated rings. The Hall–Kier alpha value is -2.15. The van der Waals surface area contributed by atoms with Gasteiger partial charge in [0.2, 0.25) is 0 Å². The van der Waals surface area contributed by atoms with E-state index in [1.165, 1.54) is 11.3 Å². The van der Waals surface area contributed by atoms with Crippen LogP contribution in [-0.2, 0) is 4.74 Å². The SMILES string of the molecule is COc1cc(N2CCC(NCCNC(=O)OC(C)(C)C)CC2)c(C)cc1N. The van der Waals surface area contributed by atoms with E-state index >= 15 is 0 Å². The summed E-state index contributed by atoms with van der Waals surface area (Å²) in [5.41, 5.74) is 8.55. The van der Waals surface area contributed by atoms with Gasteiger partial charge in [-0.1, -0.05) is 0 Å². The third-order valence-electron chi connectivity index (χ3n) is 4.61. The number of ether oxygens (including phenoxy) is 2. The molecule has 27 heavy (non-hydrogen) atoms. The summed E-state index contributed by atoms with van der Waals surface area (Å²) >= 11 is 0. The van der Waals surface area contributed by atoms with Crippen LogP contribution in [0, 0.1) is 6.92 Å². The van der Waals surface area contributed by atoms with Crippen LogP contribution in [0.4, 0.5) is 16.2 Å². The molecule has 1 aliphatic rings. The van der Waals surface area contributed by atoms with Crippen LogP contribution in [0.15, 0.2) is 12.1 Å². The summed E-state index contributed by atoms with van der Waals surface area (Å²) < 4.78 is 10.6. The number of hydrogen-bond acceptors (Lipinski definition) is 6. The highest BCUT2D eigenvalue weighted by Crippen LogP contribution is 2.32. The predicted octanol–water partition coefficient (Wildman–Crippen LogP) is 2.67. The van der Waals surface area contributed by atoms with Crippen molar-refractivity contribution in [3.05, 3.63) is 17.7 Å². The molecule has 0 bridgehead atoms. The third kappa shape index (κ3) is 6.50. The topological polar surface area (TPSA) is 88.8 Å². The van der Waals surface area contributed by atoms with E-state index in [1.54, 1.807) is 7.11 Å². The maximum absolute atomic E-state index is 11.6. The maximum Gasteiger partial charge on any atom is 0.407 e. The van der Waals surface area contributed by atoms with Crippen molar-refractivity contribution in [3.63, 3.8) is 0 Å². The zero-order valence-corrected chi connectivity index (χ0v) is 17.2. The highest BCUT2D eigenvalue weighted by atomic mass is 16.6. The van der Waals surface area contributed by atoms with Gasteiger partial charge in [0.25, 0.3) is 0 Å². The normalized spacial score (nSPS) is 15.5. The molecule has 0 saturated carbocycles. The van der Waals surface area contributed by atoms with Gasteiger partial charge in [0.15, 0.2) is 0 Å². The van der Waals surface area contributed by atoms with Crippen LogP contribution in [0.3, 0.4) is 0 Å². The molecule has 1 heterocycles. The lowest BCUT2D eigenvalue weighted by Gasteiger charge is -2.35. The number of nitrogen functional groups attached to an aromatic ring is 1. The van der Waals surface area contributed by atoms with Gasteiger partial charge in [0, 0.05) is 44.0 Å². The molecule has 4 N–H and O–H groups in total. The van der Waals surface area contributed by atoms with Gasteiger partial charge in [-0.25, -0.2) is 4.79 Å². The average Bonchev–Trinajstić information content (AvgIpc) is 2.58. The van der Waals surface area contributed by atoms with Crippen molar-refractivity contribution in [2.24, 2.45) is 0 Å². The second kappa shape index (κ2) is 9.17. The standard InChI is InChI=1S/C20H34N4O3/c1-14-12-16(21)18(26-5)13-17(14)24-10-6-15(7-11-24)22-8-9-23-19(25)27-20(2,3)4/h12-13,15,22H,6-11,21H2,1-5H3,(H,23,25). The quantitative estimate of drug-likeness (QED) is 0.521. The number of nitrogens with one attached hydrogen (secondary N) is 2. The zero-order chi connectivity index (χ0) is 20.0. The number of carbonyl (C=O) groups excluding carboxylic acids is 1. The number of carbonyl (C=O) groups is 1. The molecule has 7 heteroatoms. The predicted molar refractivity (Wildman–Crippen MR) is 110 cm³/mol. The van der Waals surface area contributed by atoms with Crippen molar-refractivity contribution in [1.82, 2.24) is 10.6 Å². The van der Waals surface area contributed by atoms with Crippen LogP contribution < -0.4 is 26.0 Å². The number of anilines is 2. The Balaban J connectivity index is 1.74. The van der Waals surface area contributed by atoms with Gasteiger partial charge in [0.1, 0.15) is 11.4 Å². The fourth-order valence-electron chi connectivity index (χ4n) is 3.30. The van der Waals surface area contributed by atoms with Gasteiger partial charge >= 0.3 is 6.09 Å². The molecule has 7 nitrogen and oxygen atoms in total. The van der Waals surface area contributed by atoms with E-state index in [4.69, 9.17) is 15.2 Å². The molecular weight excluding hydrogens is 344 g/mol. The molecule has 0 atom stereocenters. The summed E-state index contributed by atoms with van der Waals surface area (Å²) in [5, 5.41) is 6.30. The number of methoxy groups -OCH3 is 1. The lowest BCUT2D eigenvalue weighted by Crippen LogP contribution is -2.45. The molecule has 0 radical (unpaired) electrons. The van der Waals surface area contributed by atoms with Crippen LogP contribution in [0.2, 0.25) is 0 Å². The minimum Gasteiger partial charge on any atom is -0.495 e. The first-order valence-corrected chi connectivity index (χ1v) is 9.59. The smallest absolute Gasteiger partial charge is 0.407 e. The number of alkyl carbamates (subject to hydrolysis) is 1. The highest BCUT2D eigenvalue weighted by molar-refractivity contribution is 5.67. The summed E-state index contributed by atoms with van der Waals surface area (Å²) in [7, 11) is 1.65. The van der Waals surface area contributed by atoms with E-state index in [-0.39, 0.29) is 6.09 Å². The number of amides is 1. The van der Waals surface area contributed by atoms with Gasteiger partial charge in [-0.15, -0.1) is 0 Å². The van der Waals surface area contributed by atoms with Gasteiger partial charge in [-0.3, -0.25) is 0 Å². The Morgan fingerprint density at radius 3 is 2.52 bits per heavy atom. The zero-order valence-electron chi connectivity index (χ0n) is 17.2. The minimum absolute atomic E-state index is 0.369. The van der Waals surface area contributed by atoms with Crippen LogP contribution in [0.25, 0.3) is 0 Å². The number of benzene rings is 1. The lowest BCUT2D eigenvalue weighted by atomic mass is 10.0. The number of rotatable bonds is 6. The van der Waals surface area contributed by atoms with Crippen molar-refractivity contribution < 1.29 is 14.3 Å². The Morgan fingerprint density at radius 1 is 1.26 bits per heavy atom. The van der Waals surface area contributed by atoms with E-state index in [0.29, 0.717) is 18.3 Å². The van der Waals surface area contributed by atoms with E-state index in [0.717, 1.165) is 38.2 Å². The van der Waals surface area contributed by atoms with Crippen molar-refractivity contribution in [3.8, 4) is 5.75 Å². The number of piperidine rings is 1. The molecule has 0 aliphatic carbocycles. The molecule has 2 rings (SSSR count). The first-order chi connectivity index (χ1) is 12.7. The summed E-state index contributed by atoms with van der Waals surface area (Å²) in [6.45, 7) is 10.9. The third-order valence-corrected chi connectivity index (χ3v) is 4.61. The van der Waals surface area contributed by atoms with Crippen LogP contribution in [-0.4, -0.2) is 51.0 Å². The monoisotopic (exact) mass is 378 g/mol. The van der Waals surface area contributed by atoms with E-state index in [9.17, 15) is 4.79 Å². The van der Waals surface area contributed by atoms with Gasteiger partial charge in [-0.05, 0) is 52.2 Å². The molecule has 1 amide bonds. The fraction of sp³-hybridized carbons (Fsp3) is 0.650. The summed E-state index contributed by atoms with van der Waals surface area (Å²) in [5.74, 6) is 0.726. The molecule has 0 aromatic heterocycles. The summed E-state index contributed by atoms with van der Waals surface area (Å²) in [4.78, 5) is 14.0. The van der Waals surface area contributed by atoms with Crippen molar-refractivity contribution in [2.75, 3.05) is 43.9 Å². The van der Waals surface area contributed by atoms with Gasteiger partial charge < -0.3 is 30.7 Å². The van der Waals surface area contributed by atoms with Crippen LogP contribution >= 0.6 is 0 Å². The summed E-state index contributed by atoms with van der Waals surface area (Å²) in [6.07, 6.45) is 1.74. The Kier molecular flexibility index (Phi) is 7.18. The molecule has 1 saturated heterocycles.